The van der Waals surface area contributed by atoms with E-state index in [1.54, 1.807) is 6.20 Å². The maximum absolute atomic E-state index is 11.8. The molecule has 0 aliphatic heterocycles. The van der Waals surface area contributed by atoms with Crippen molar-refractivity contribution in [2.45, 2.75) is 18.9 Å². The molecule has 1 amide bonds. The van der Waals surface area contributed by atoms with Crippen molar-refractivity contribution in [3.63, 3.8) is 0 Å². The van der Waals surface area contributed by atoms with Gasteiger partial charge in [0.05, 0.1) is 19.1 Å². The molecule has 4 heteroatoms. The zero-order chi connectivity index (χ0) is 13.5. The molecule has 0 saturated heterocycles. The molecule has 0 spiro atoms. The van der Waals surface area contributed by atoms with Crippen LogP contribution in [0.3, 0.4) is 0 Å². The third kappa shape index (κ3) is 4.26. The first-order chi connectivity index (χ1) is 9.28. The van der Waals surface area contributed by atoms with E-state index >= 15 is 0 Å². The van der Waals surface area contributed by atoms with E-state index < -0.39 is 0 Å². The fourth-order valence-corrected chi connectivity index (χ4v) is 1.99. The Morgan fingerprint density at radius 1 is 1.21 bits per heavy atom. The Balaban J connectivity index is 1.86. The Morgan fingerprint density at radius 3 is 2.63 bits per heavy atom. The smallest absolute Gasteiger partial charge is 0.226 e. The van der Waals surface area contributed by atoms with Gasteiger partial charge in [0.1, 0.15) is 0 Å². The number of benzene rings is 1. The summed E-state index contributed by atoms with van der Waals surface area (Å²) >= 11 is 0. The van der Waals surface area contributed by atoms with Gasteiger partial charge in [-0.25, -0.2) is 0 Å². The van der Waals surface area contributed by atoms with Crippen molar-refractivity contribution in [1.82, 2.24) is 10.3 Å². The van der Waals surface area contributed by atoms with Crippen molar-refractivity contribution >= 4 is 5.91 Å². The second-order valence-electron chi connectivity index (χ2n) is 4.51. The maximum atomic E-state index is 11.8. The highest BCUT2D eigenvalue weighted by Crippen LogP contribution is 2.03. The molecule has 0 aliphatic rings. The van der Waals surface area contributed by atoms with Crippen LogP contribution in [0, 0.1) is 0 Å². The molecule has 100 valence electrons. The summed E-state index contributed by atoms with van der Waals surface area (Å²) in [4.78, 5) is 14.8. The number of H-pyrrole nitrogens is 1. The van der Waals surface area contributed by atoms with Crippen LogP contribution in [0.1, 0.15) is 11.3 Å². The minimum absolute atomic E-state index is 0.0641. The van der Waals surface area contributed by atoms with Crippen molar-refractivity contribution in [3.8, 4) is 0 Å². The fourth-order valence-electron chi connectivity index (χ4n) is 1.99. The second-order valence-corrected chi connectivity index (χ2v) is 4.51. The van der Waals surface area contributed by atoms with Crippen LogP contribution in [-0.4, -0.2) is 28.6 Å². The number of carbonyl (C=O) groups is 1. The molecule has 4 nitrogen and oxygen atoms in total. The lowest BCUT2D eigenvalue weighted by Crippen LogP contribution is -2.39. The Hall–Kier alpha value is -2.07. The lowest BCUT2D eigenvalue weighted by Gasteiger charge is -2.16. The van der Waals surface area contributed by atoms with E-state index in [-0.39, 0.29) is 18.6 Å². The highest BCUT2D eigenvalue weighted by Gasteiger charge is 2.12. The Morgan fingerprint density at radius 2 is 2.00 bits per heavy atom. The van der Waals surface area contributed by atoms with Gasteiger partial charge in [0.2, 0.25) is 5.91 Å². The number of carbonyl (C=O) groups excluding carboxylic acids is 1. The lowest BCUT2D eigenvalue weighted by atomic mass is 10.1. The summed E-state index contributed by atoms with van der Waals surface area (Å²) in [5.74, 6) is -0.0857. The van der Waals surface area contributed by atoms with E-state index in [1.165, 1.54) is 0 Å². The first kappa shape index (κ1) is 13.4. The zero-order valence-electron chi connectivity index (χ0n) is 10.7. The van der Waals surface area contributed by atoms with Crippen LogP contribution in [0.4, 0.5) is 0 Å². The van der Waals surface area contributed by atoms with Gasteiger partial charge in [-0.3, -0.25) is 4.79 Å². The number of rotatable bonds is 6. The molecule has 0 aliphatic carbocycles. The number of aromatic nitrogens is 1. The van der Waals surface area contributed by atoms with Gasteiger partial charge in [0, 0.05) is 11.9 Å². The van der Waals surface area contributed by atoms with Crippen molar-refractivity contribution in [3.05, 3.63) is 59.9 Å². The number of aliphatic hydroxyl groups is 1. The molecule has 19 heavy (non-hydrogen) atoms. The van der Waals surface area contributed by atoms with Crippen molar-refractivity contribution in [2.24, 2.45) is 0 Å². The third-order valence-corrected chi connectivity index (χ3v) is 2.92. The van der Waals surface area contributed by atoms with Gasteiger partial charge in [-0.05, 0) is 24.1 Å². The molecule has 0 fully saturated rings. The van der Waals surface area contributed by atoms with Gasteiger partial charge in [-0.1, -0.05) is 30.3 Å². The van der Waals surface area contributed by atoms with Crippen LogP contribution in [0.5, 0.6) is 0 Å². The van der Waals surface area contributed by atoms with Crippen molar-refractivity contribution in [2.75, 3.05) is 6.61 Å². The Kier molecular flexibility index (Phi) is 4.75. The van der Waals surface area contributed by atoms with Gasteiger partial charge in [-0.2, -0.15) is 0 Å². The Labute approximate surface area is 112 Å². The minimum atomic E-state index is -0.245. The summed E-state index contributed by atoms with van der Waals surface area (Å²) in [6.07, 6.45) is 2.72. The van der Waals surface area contributed by atoms with Gasteiger partial charge in [0.25, 0.3) is 0 Å². The highest BCUT2D eigenvalue weighted by atomic mass is 16.3. The van der Waals surface area contributed by atoms with Crippen LogP contribution in [0.2, 0.25) is 0 Å². The molecule has 0 bridgehead atoms. The average molecular weight is 258 g/mol. The number of aromatic amines is 1. The molecule has 0 radical (unpaired) electrons. The van der Waals surface area contributed by atoms with Gasteiger partial charge in [-0.15, -0.1) is 0 Å². The molecular formula is C15H18N2O2. The van der Waals surface area contributed by atoms with E-state index in [0.29, 0.717) is 12.8 Å². The summed E-state index contributed by atoms with van der Waals surface area (Å²) in [6, 6.07) is 13.3. The summed E-state index contributed by atoms with van der Waals surface area (Å²) in [6.45, 7) is -0.0641. The van der Waals surface area contributed by atoms with Gasteiger partial charge < -0.3 is 15.4 Å². The molecule has 1 aromatic heterocycles. The first-order valence-corrected chi connectivity index (χ1v) is 6.34. The summed E-state index contributed by atoms with van der Waals surface area (Å²) in [5.41, 5.74) is 1.97. The fraction of sp³-hybridized carbons (Fsp3) is 0.267. The average Bonchev–Trinajstić information content (AvgIpc) is 2.92. The van der Waals surface area contributed by atoms with Crippen LogP contribution >= 0.6 is 0 Å². The summed E-state index contributed by atoms with van der Waals surface area (Å²) < 4.78 is 0. The number of amides is 1. The minimum Gasteiger partial charge on any atom is -0.394 e. The Bertz CT molecular complexity index is 494. The van der Waals surface area contributed by atoms with Gasteiger partial charge >= 0.3 is 0 Å². The summed E-state index contributed by atoms with van der Waals surface area (Å²) in [7, 11) is 0. The normalized spacial score (nSPS) is 12.1. The number of nitrogens with one attached hydrogen (secondary N) is 2. The third-order valence-electron chi connectivity index (χ3n) is 2.92. The first-order valence-electron chi connectivity index (χ1n) is 6.34. The number of hydrogen-bond donors (Lipinski definition) is 3. The molecule has 3 N–H and O–H groups in total. The van der Waals surface area contributed by atoms with Crippen molar-refractivity contribution < 1.29 is 9.90 Å². The van der Waals surface area contributed by atoms with E-state index in [4.69, 9.17) is 0 Å². The molecule has 2 aromatic rings. The van der Waals surface area contributed by atoms with Crippen LogP contribution in [-0.2, 0) is 17.6 Å². The molecule has 2 rings (SSSR count). The molecule has 1 heterocycles. The molecular weight excluding hydrogens is 240 g/mol. The van der Waals surface area contributed by atoms with E-state index in [0.717, 1.165) is 11.3 Å². The molecule has 1 unspecified atom stereocenters. The van der Waals surface area contributed by atoms with E-state index in [9.17, 15) is 9.90 Å². The highest BCUT2D eigenvalue weighted by molar-refractivity contribution is 5.78. The summed E-state index contributed by atoms with van der Waals surface area (Å²) in [5, 5.41) is 12.2. The largest absolute Gasteiger partial charge is 0.394 e. The van der Waals surface area contributed by atoms with Crippen LogP contribution in [0.25, 0.3) is 0 Å². The van der Waals surface area contributed by atoms with Crippen LogP contribution < -0.4 is 5.32 Å². The lowest BCUT2D eigenvalue weighted by molar-refractivity contribution is -0.121. The second kappa shape index (κ2) is 6.75. The maximum Gasteiger partial charge on any atom is 0.226 e. The zero-order valence-corrected chi connectivity index (χ0v) is 10.7. The SMILES string of the molecule is O=C(Cc1ccc[nH]1)NC(CO)Cc1ccccc1. The van der Waals surface area contributed by atoms with Gasteiger partial charge in [0.15, 0.2) is 0 Å². The van der Waals surface area contributed by atoms with E-state index in [1.807, 2.05) is 42.5 Å². The monoisotopic (exact) mass is 258 g/mol. The molecule has 1 aromatic carbocycles. The predicted octanol–water partition coefficient (Wildman–Crippen LogP) is 1.28. The number of hydrogen-bond acceptors (Lipinski definition) is 2. The quantitative estimate of drug-likeness (QED) is 0.730. The topological polar surface area (TPSA) is 65.1 Å². The standard InChI is InChI=1S/C15H18N2O2/c18-11-14(9-12-5-2-1-3-6-12)17-15(19)10-13-7-4-8-16-13/h1-8,14,16,18H,9-11H2,(H,17,19). The van der Waals surface area contributed by atoms with Crippen LogP contribution in [0.15, 0.2) is 48.7 Å². The van der Waals surface area contributed by atoms with Crippen molar-refractivity contribution in [1.29, 1.82) is 0 Å². The molecule has 1 atom stereocenters. The molecule has 0 saturated carbocycles. The predicted molar refractivity (Wildman–Crippen MR) is 73.7 cm³/mol. The number of aliphatic hydroxyl groups excluding tert-OH is 1. The van der Waals surface area contributed by atoms with E-state index in [2.05, 4.69) is 10.3 Å².